The molecule has 0 atom stereocenters. The van der Waals surface area contributed by atoms with Crippen molar-refractivity contribution in [1.82, 2.24) is 19.8 Å². The number of nitrogens with zero attached hydrogens (tertiary/aromatic N) is 3. The van der Waals surface area contributed by atoms with E-state index < -0.39 is 0 Å². The van der Waals surface area contributed by atoms with E-state index >= 15 is 0 Å². The van der Waals surface area contributed by atoms with E-state index in [1.165, 1.54) is 5.82 Å². The van der Waals surface area contributed by atoms with Gasteiger partial charge in [0.2, 0.25) is 0 Å². The van der Waals surface area contributed by atoms with Crippen molar-refractivity contribution < 1.29 is 0 Å². The van der Waals surface area contributed by atoms with Crippen molar-refractivity contribution in [1.29, 1.82) is 0 Å². The van der Waals surface area contributed by atoms with E-state index in [4.69, 9.17) is 0 Å². The first kappa shape index (κ1) is 13.2. The first-order chi connectivity index (χ1) is 7.77. The van der Waals surface area contributed by atoms with Crippen LogP contribution in [0, 0.1) is 0 Å². The van der Waals surface area contributed by atoms with Gasteiger partial charge in [0.05, 0.1) is 0 Å². The number of aryl methyl sites for hydroxylation is 1. The molecule has 0 aliphatic heterocycles. The molecule has 92 valence electrons. The van der Waals surface area contributed by atoms with Gasteiger partial charge in [-0.25, -0.2) is 4.98 Å². The van der Waals surface area contributed by atoms with Crippen LogP contribution in [0.2, 0.25) is 0 Å². The largest absolute Gasteiger partial charge is 0.338 e. The van der Waals surface area contributed by atoms with Crippen LogP contribution in [0.1, 0.15) is 19.7 Å². The molecule has 16 heavy (non-hydrogen) atoms. The molecule has 1 aromatic rings. The van der Waals surface area contributed by atoms with Crippen LogP contribution in [-0.2, 0) is 13.5 Å². The van der Waals surface area contributed by atoms with E-state index in [1.807, 2.05) is 12.4 Å². The number of aromatic nitrogens is 2. The molecule has 4 heteroatoms. The number of imidazole rings is 1. The SMILES string of the molecule is CCNCCN(CC)CCc1nccn1C. The molecule has 0 aliphatic rings. The van der Waals surface area contributed by atoms with Gasteiger partial charge < -0.3 is 14.8 Å². The van der Waals surface area contributed by atoms with E-state index in [-0.39, 0.29) is 0 Å². The van der Waals surface area contributed by atoms with Gasteiger partial charge in [-0.05, 0) is 13.1 Å². The predicted octanol–water partition coefficient (Wildman–Crippen LogP) is 0.894. The van der Waals surface area contributed by atoms with E-state index in [2.05, 4.69) is 40.7 Å². The minimum absolute atomic E-state index is 1.03. The third-order valence-corrected chi connectivity index (χ3v) is 2.87. The van der Waals surface area contributed by atoms with E-state index in [9.17, 15) is 0 Å². The lowest BCUT2D eigenvalue weighted by Crippen LogP contribution is -2.33. The van der Waals surface area contributed by atoms with Gasteiger partial charge in [-0.1, -0.05) is 13.8 Å². The van der Waals surface area contributed by atoms with Crippen LogP contribution < -0.4 is 5.32 Å². The van der Waals surface area contributed by atoms with Crippen LogP contribution in [-0.4, -0.2) is 47.2 Å². The van der Waals surface area contributed by atoms with Crippen molar-refractivity contribution >= 4 is 0 Å². The molecule has 1 rings (SSSR count). The molecule has 0 bridgehead atoms. The molecule has 1 aromatic heterocycles. The molecule has 0 aliphatic carbocycles. The summed E-state index contributed by atoms with van der Waals surface area (Å²) in [6, 6.07) is 0. The Labute approximate surface area is 98.7 Å². The number of hydrogen-bond acceptors (Lipinski definition) is 3. The van der Waals surface area contributed by atoms with Crippen LogP contribution in [0.5, 0.6) is 0 Å². The maximum atomic E-state index is 4.34. The topological polar surface area (TPSA) is 33.1 Å². The Morgan fingerprint density at radius 2 is 2.19 bits per heavy atom. The van der Waals surface area contributed by atoms with Crippen LogP contribution in [0.15, 0.2) is 12.4 Å². The second-order valence-corrected chi connectivity index (χ2v) is 3.99. The summed E-state index contributed by atoms with van der Waals surface area (Å²) >= 11 is 0. The van der Waals surface area contributed by atoms with Gasteiger partial charge in [0.25, 0.3) is 0 Å². The predicted molar refractivity (Wildman–Crippen MR) is 67.6 cm³/mol. The zero-order chi connectivity index (χ0) is 11.8. The highest BCUT2D eigenvalue weighted by molar-refractivity contribution is 4.91. The van der Waals surface area contributed by atoms with Crippen molar-refractivity contribution in [2.45, 2.75) is 20.3 Å². The van der Waals surface area contributed by atoms with Crippen LogP contribution in [0.4, 0.5) is 0 Å². The molecule has 1 N–H and O–H groups in total. The fourth-order valence-electron chi connectivity index (χ4n) is 1.74. The number of likely N-dealkylation sites (N-methyl/N-ethyl adjacent to an activating group) is 2. The summed E-state index contributed by atoms with van der Waals surface area (Å²) in [4.78, 5) is 6.79. The highest BCUT2D eigenvalue weighted by Crippen LogP contribution is 1.98. The molecular formula is C12H24N4. The lowest BCUT2D eigenvalue weighted by molar-refractivity contribution is 0.289. The zero-order valence-electron chi connectivity index (χ0n) is 10.7. The average Bonchev–Trinajstić information content (AvgIpc) is 2.69. The standard InChI is InChI=1S/C12H24N4/c1-4-13-7-11-16(5-2)9-6-12-14-8-10-15(12)3/h8,10,13H,4-7,9,11H2,1-3H3. The summed E-state index contributed by atoms with van der Waals surface area (Å²) in [7, 11) is 2.05. The maximum absolute atomic E-state index is 4.34. The summed E-state index contributed by atoms with van der Waals surface area (Å²) in [5.74, 6) is 1.17. The Hall–Kier alpha value is -0.870. The number of hydrogen-bond donors (Lipinski definition) is 1. The van der Waals surface area contributed by atoms with Gasteiger partial charge >= 0.3 is 0 Å². The smallest absolute Gasteiger partial charge is 0.109 e. The minimum Gasteiger partial charge on any atom is -0.338 e. The molecule has 0 fully saturated rings. The Morgan fingerprint density at radius 1 is 1.38 bits per heavy atom. The molecule has 0 amide bonds. The summed E-state index contributed by atoms with van der Waals surface area (Å²) in [5.41, 5.74) is 0. The molecule has 0 saturated heterocycles. The van der Waals surface area contributed by atoms with Gasteiger partial charge in [0.15, 0.2) is 0 Å². The lowest BCUT2D eigenvalue weighted by atomic mass is 10.3. The molecule has 0 aromatic carbocycles. The third kappa shape index (κ3) is 4.33. The quantitative estimate of drug-likeness (QED) is 0.666. The van der Waals surface area contributed by atoms with Crippen molar-refractivity contribution in [2.24, 2.45) is 7.05 Å². The van der Waals surface area contributed by atoms with Gasteiger partial charge in [-0.15, -0.1) is 0 Å². The van der Waals surface area contributed by atoms with Gasteiger partial charge in [-0.3, -0.25) is 0 Å². The van der Waals surface area contributed by atoms with Crippen LogP contribution in [0.25, 0.3) is 0 Å². The summed E-state index contributed by atoms with van der Waals surface area (Å²) in [6.07, 6.45) is 4.90. The maximum Gasteiger partial charge on any atom is 0.109 e. The normalized spacial score (nSPS) is 11.2. The van der Waals surface area contributed by atoms with Crippen molar-refractivity contribution in [2.75, 3.05) is 32.7 Å². The number of rotatable bonds is 8. The minimum atomic E-state index is 1.03. The summed E-state index contributed by atoms with van der Waals surface area (Å²) < 4.78 is 2.10. The van der Waals surface area contributed by atoms with Gasteiger partial charge in [0.1, 0.15) is 5.82 Å². The fourth-order valence-corrected chi connectivity index (χ4v) is 1.74. The lowest BCUT2D eigenvalue weighted by Gasteiger charge is -2.20. The molecule has 0 radical (unpaired) electrons. The Bertz CT molecular complexity index is 282. The molecule has 1 heterocycles. The highest BCUT2D eigenvalue weighted by Gasteiger charge is 2.04. The van der Waals surface area contributed by atoms with E-state index in [0.29, 0.717) is 0 Å². The Morgan fingerprint density at radius 3 is 2.75 bits per heavy atom. The van der Waals surface area contributed by atoms with Gasteiger partial charge in [0, 0.05) is 45.5 Å². The van der Waals surface area contributed by atoms with Crippen molar-refractivity contribution in [3.05, 3.63) is 18.2 Å². The van der Waals surface area contributed by atoms with E-state index in [0.717, 1.165) is 39.1 Å². The summed E-state index contributed by atoms with van der Waals surface area (Å²) in [6.45, 7) is 9.80. The molecule has 0 spiro atoms. The highest BCUT2D eigenvalue weighted by atomic mass is 15.1. The second-order valence-electron chi connectivity index (χ2n) is 3.99. The monoisotopic (exact) mass is 224 g/mol. The van der Waals surface area contributed by atoms with E-state index in [1.54, 1.807) is 0 Å². The first-order valence-electron chi connectivity index (χ1n) is 6.17. The number of nitrogens with one attached hydrogen (secondary N) is 1. The molecule has 0 unspecified atom stereocenters. The average molecular weight is 224 g/mol. The third-order valence-electron chi connectivity index (χ3n) is 2.87. The second kappa shape index (κ2) is 7.41. The Balaban J connectivity index is 2.26. The van der Waals surface area contributed by atoms with Gasteiger partial charge in [-0.2, -0.15) is 0 Å². The van der Waals surface area contributed by atoms with Crippen LogP contribution in [0.3, 0.4) is 0 Å². The molecular weight excluding hydrogens is 200 g/mol. The fraction of sp³-hybridized carbons (Fsp3) is 0.750. The van der Waals surface area contributed by atoms with Crippen molar-refractivity contribution in [3.8, 4) is 0 Å². The first-order valence-corrected chi connectivity index (χ1v) is 6.17. The summed E-state index contributed by atoms with van der Waals surface area (Å²) in [5, 5.41) is 3.36. The molecule has 0 saturated carbocycles. The Kier molecular flexibility index (Phi) is 6.11. The zero-order valence-corrected chi connectivity index (χ0v) is 10.7. The van der Waals surface area contributed by atoms with Crippen LogP contribution >= 0.6 is 0 Å². The van der Waals surface area contributed by atoms with Crippen molar-refractivity contribution in [3.63, 3.8) is 0 Å². The molecule has 4 nitrogen and oxygen atoms in total.